The lowest BCUT2D eigenvalue weighted by molar-refractivity contribution is 0.463. The van der Waals surface area contributed by atoms with Gasteiger partial charge in [0.05, 0.1) is 10.7 Å². The van der Waals surface area contributed by atoms with E-state index in [9.17, 15) is 0 Å². The summed E-state index contributed by atoms with van der Waals surface area (Å²) in [5, 5.41) is 4.03. The van der Waals surface area contributed by atoms with E-state index >= 15 is 0 Å². The van der Waals surface area contributed by atoms with Gasteiger partial charge >= 0.3 is 0 Å². The van der Waals surface area contributed by atoms with Gasteiger partial charge in [-0.05, 0) is 37.6 Å². The van der Waals surface area contributed by atoms with Crippen molar-refractivity contribution in [1.82, 2.24) is 10.3 Å². The Hall–Kier alpha value is -1.58. The quantitative estimate of drug-likeness (QED) is 0.848. The Kier molecular flexibility index (Phi) is 5.59. The molecule has 1 aromatic carbocycles. The fraction of sp³-hybridized carbons (Fsp3) is 0.353. The van der Waals surface area contributed by atoms with Crippen LogP contribution in [-0.2, 0) is 6.54 Å². The number of nitrogens with zero attached hydrogens (tertiary/aromatic N) is 1. The third kappa shape index (κ3) is 4.45. The van der Waals surface area contributed by atoms with Crippen LogP contribution in [0.25, 0.3) is 0 Å². The van der Waals surface area contributed by atoms with Crippen LogP contribution in [0.1, 0.15) is 25.1 Å². The Bertz CT molecular complexity index is 599. The Labute approximate surface area is 131 Å². The van der Waals surface area contributed by atoms with Crippen molar-refractivity contribution in [2.75, 3.05) is 6.54 Å². The Morgan fingerprint density at radius 1 is 1.24 bits per heavy atom. The summed E-state index contributed by atoms with van der Waals surface area (Å²) in [6.07, 6.45) is 1.75. The molecule has 4 heteroatoms. The average molecular weight is 305 g/mol. The molecule has 2 aromatic rings. The number of halogens is 1. The van der Waals surface area contributed by atoms with Gasteiger partial charge in [-0.2, -0.15) is 0 Å². The van der Waals surface area contributed by atoms with Crippen LogP contribution in [0.5, 0.6) is 11.5 Å². The number of ether oxygens (including phenoxy) is 1. The molecular formula is C17H21ClN2O. The maximum Gasteiger partial charge on any atom is 0.150 e. The highest BCUT2D eigenvalue weighted by atomic mass is 35.5. The number of para-hydroxylation sites is 1. The first-order chi connectivity index (χ1) is 10.1. The lowest BCUT2D eigenvalue weighted by atomic mass is 10.1. The van der Waals surface area contributed by atoms with Gasteiger partial charge in [-0.15, -0.1) is 0 Å². The molecule has 0 saturated heterocycles. The van der Waals surface area contributed by atoms with Crippen LogP contribution in [0.4, 0.5) is 0 Å². The van der Waals surface area contributed by atoms with Crippen molar-refractivity contribution < 1.29 is 4.74 Å². The number of pyridine rings is 1. The van der Waals surface area contributed by atoms with Crippen molar-refractivity contribution in [3.63, 3.8) is 0 Å². The second-order valence-electron chi connectivity index (χ2n) is 5.44. The van der Waals surface area contributed by atoms with Crippen molar-refractivity contribution in [3.8, 4) is 11.5 Å². The van der Waals surface area contributed by atoms with Crippen LogP contribution in [0.15, 0.2) is 36.5 Å². The molecule has 112 valence electrons. The summed E-state index contributed by atoms with van der Waals surface area (Å²) in [5.74, 6) is 2.04. The van der Waals surface area contributed by atoms with E-state index in [4.69, 9.17) is 16.3 Å². The van der Waals surface area contributed by atoms with E-state index in [1.807, 2.05) is 37.3 Å². The van der Waals surface area contributed by atoms with Crippen molar-refractivity contribution in [2.24, 2.45) is 5.92 Å². The van der Waals surface area contributed by atoms with Gasteiger partial charge < -0.3 is 10.1 Å². The van der Waals surface area contributed by atoms with Crippen molar-refractivity contribution in [3.05, 3.63) is 52.8 Å². The minimum Gasteiger partial charge on any atom is -0.454 e. The molecule has 0 aliphatic heterocycles. The summed E-state index contributed by atoms with van der Waals surface area (Å²) in [5.41, 5.74) is 1.89. The molecule has 0 aliphatic carbocycles. The molecule has 0 aliphatic rings. The Morgan fingerprint density at radius 2 is 2.05 bits per heavy atom. The van der Waals surface area contributed by atoms with E-state index in [0.717, 1.165) is 30.1 Å². The van der Waals surface area contributed by atoms with E-state index in [1.165, 1.54) is 0 Å². The molecule has 0 fully saturated rings. The normalized spacial score (nSPS) is 10.9. The minimum atomic E-state index is 0.606. The van der Waals surface area contributed by atoms with Crippen LogP contribution >= 0.6 is 11.6 Å². The number of hydrogen-bond donors (Lipinski definition) is 1. The summed E-state index contributed by atoms with van der Waals surface area (Å²) in [4.78, 5) is 4.24. The van der Waals surface area contributed by atoms with Crippen molar-refractivity contribution in [1.29, 1.82) is 0 Å². The van der Waals surface area contributed by atoms with Crippen LogP contribution in [-0.4, -0.2) is 11.5 Å². The van der Waals surface area contributed by atoms with Crippen molar-refractivity contribution >= 4 is 11.6 Å². The lowest BCUT2D eigenvalue weighted by Gasteiger charge is -2.15. The molecule has 21 heavy (non-hydrogen) atoms. The zero-order chi connectivity index (χ0) is 15.2. The Morgan fingerprint density at radius 3 is 2.76 bits per heavy atom. The van der Waals surface area contributed by atoms with Crippen LogP contribution in [0.2, 0.25) is 5.02 Å². The van der Waals surface area contributed by atoms with E-state index < -0.39 is 0 Å². The highest BCUT2D eigenvalue weighted by Gasteiger charge is 2.11. The topological polar surface area (TPSA) is 34.1 Å². The van der Waals surface area contributed by atoms with Gasteiger partial charge in [-0.1, -0.05) is 37.6 Å². The highest BCUT2D eigenvalue weighted by Crippen LogP contribution is 2.33. The molecular weight excluding hydrogens is 284 g/mol. The molecule has 3 nitrogen and oxygen atoms in total. The molecule has 1 aromatic heterocycles. The van der Waals surface area contributed by atoms with E-state index in [-0.39, 0.29) is 0 Å². The smallest absolute Gasteiger partial charge is 0.150 e. The number of nitrogens with one attached hydrogen (secondary N) is 1. The summed E-state index contributed by atoms with van der Waals surface area (Å²) >= 11 is 6.30. The second-order valence-corrected chi connectivity index (χ2v) is 5.85. The second kappa shape index (κ2) is 7.43. The zero-order valence-corrected chi connectivity index (χ0v) is 13.4. The molecule has 0 bridgehead atoms. The van der Waals surface area contributed by atoms with Gasteiger partial charge in [-0.3, -0.25) is 4.98 Å². The fourth-order valence-electron chi connectivity index (χ4n) is 1.99. The van der Waals surface area contributed by atoms with Crippen LogP contribution < -0.4 is 10.1 Å². The predicted molar refractivity (Wildman–Crippen MR) is 87.0 cm³/mol. The standard InChI is InChI=1S/C17H21ClN2O/c1-12(2)10-19-11-14-6-4-7-15(18)17(14)21-16-8-5-9-20-13(16)3/h4-9,12,19H,10-11H2,1-3H3. The van der Waals surface area contributed by atoms with Gasteiger partial charge in [0, 0.05) is 18.3 Å². The van der Waals surface area contributed by atoms with Gasteiger partial charge in [0.1, 0.15) is 5.75 Å². The number of rotatable bonds is 6. The monoisotopic (exact) mass is 304 g/mol. The summed E-state index contributed by atoms with van der Waals surface area (Å²) in [6.45, 7) is 7.97. The van der Waals surface area contributed by atoms with Crippen LogP contribution in [0.3, 0.4) is 0 Å². The van der Waals surface area contributed by atoms with Gasteiger partial charge in [0.15, 0.2) is 5.75 Å². The van der Waals surface area contributed by atoms with E-state index in [2.05, 4.69) is 24.1 Å². The third-order valence-electron chi connectivity index (χ3n) is 3.09. The van der Waals surface area contributed by atoms with Crippen molar-refractivity contribution in [2.45, 2.75) is 27.3 Å². The molecule has 0 unspecified atom stereocenters. The minimum absolute atomic E-state index is 0.606. The van der Waals surface area contributed by atoms with Gasteiger partial charge in [0.2, 0.25) is 0 Å². The molecule has 2 rings (SSSR count). The van der Waals surface area contributed by atoms with Gasteiger partial charge in [0.25, 0.3) is 0 Å². The average Bonchev–Trinajstić information content (AvgIpc) is 2.44. The third-order valence-corrected chi connectivity index (χ3v) is 3.38. The lowest BCUT2D eigenvalue weighted by Crippen LogP contribution is -2.19. The number of hydrogen-bond acceptors (Lipinski definition) is 3. The van der Waals surface area contributed by atoms with E-state index in [0.29, 0.717) is 16.7 Å². The van der Waals surface area contributed by atoms with Crippen LogP contribution in [0, 0.1) is 12.8 Å². The summed E-state index contributed by atoms with van der Waals surface area (Å²) < 4.78 is 5.99. The summed E-state index contributed by atoms with van der Waals surface area (Å²) in [7, 11) is 0. The molecule has 0 radical (unpaired) electrons. The van der Waals surface area contributed by atoms with E-state index in [1.54, 1.807) is 6.20 Å². The first kappa shape index (κ1) is 15.8. The molecule has 0 amide bonds. The highest BCUT2D eigenvalue weighted by molar-refractivity contribution is 6.32. The first-order valence-corrected chi connectivity index (χ1v) is 7.53. The molecule has 1 N–H and O–H groups in total. The Balaban J connectivity index is 2.20. The maximum absolute atomic E-state index is 6.30. The number of aryl methyl sites for hydroxylation is 1. The molecule has 1 heterocycles. The molecule has 0 atom stereocenters. The first-order valence-electron chi connectivity index (χ1n) is 7.15. The number of aromatic nitrogens is 1. The SMILES string of the molecule is Cc1ncccc1Oc1c(Cl)cccc1CNCC(C)C. The largest absolute Gasteiger partial charge is 0.454 e. The fourth-order valence-corrected chi connectivity index (χ4v) is 2.22. The number of benzene rings is 1. The van der Waals surface area contributed by atoms with Gasteiger partial charge in [-0.25, -0.2) is 0 Å². The predicted octanol–water partition coefficient (Wildman–Crippen LogP) is 4.58. The molecule has 0 saturated carbocycles. The maximum atomic E-state index is 6.30. The molecule has 0 spiro atoms. The summed E-state index contributed by atoms with van der Waals surface area (Å²) in [6, 6.07) is 9.57. The zero-order valence-electron chi connectivity index (χ0n) is 12.7.